The van der Waals surface area contributed by atoms with E-state index in [0.717, 1.165) is 0 Å². The first-order valence-electron chi connectivity index (χ1n) is 9.06. The Morgan fingerprint density at radius 1 is 1.14 bits per heavy atom. The minimum Gasteiger partial charge on any atom is -0.497 e. The molecule has 0 saturated heterocycles. The van der Waals surface area contributed by atoms with Crippen LogP contribution in [0.4, 0.5) is 0 Å². The molecule has 2 aromatic rings. The molecule has 8 nitrogen and oxygen atoms in total. The van der Waals surface area contributed by atoms with Gasteiger partial charge in [-0.2, -0.15) is 0 Å². The third-order valence-electron chi connectivity index (χ3n) is 4.17. The van der Waals surface area contributed by atoms with Gasteiger partial charge in [0.2, 0.25) is 6.79 Å². The van der Waals surface area contributed by atoms with Gasteiger partial charge in [-0.25, -0.2) is 0 Å². The van der Waals surface area contributed by atoms with Crippen molar-refractivity contribution in [3.05, 3.63) is 59.3 Å². The Bertz CT molecular complexity index is 908. The van der Waals surface area contributed by atoms with Crippen LogP contribution in [-0.4, -0.2) is 44.0 Å². The molecule has 0 fully saturated rings. The van der Waals surface area contributed by atoms with E-state index in [1.165, 1.54) is 7.11 Å². The minimum absolute atomic E-state index is 0.0420. The van der Waals surface area contributed by atoms with E-state index in [0.29, 0.717) is 34.8 Å². The number of methoxy groups -OCH3 is 1. The number of carbonyl (C=O) groups is 2. The fourth-order valence-corrected chi connectivity index (χ4v) is 2.64. The van der Waals surface area contributed by atoms with Gasteiger partial charge in [-0.3, -0.25) is 9.59 Å². The van der Waals surface area contributed by atoms with Gasteiger partial charge < -0.3 is 30.0 Å². The molecule has 0 saturated carbocycles. The molecule has 0 bridgehead atoms. The molecule has 0 radical (unpaired) electrons. The molecule has 3 rings (SSSR count). The van der Waals surface area contributed by atoms with Crippen LogP contribution in [0.2, 0.25) is 0 Å². The summed E-state index contributed by atoms with van der Waals surface area (Å²) in [6.45, 7) is 0.386. The Labute approximate surface area is 168 Å². The maximum Gasteiger partial charge on any atom is 0.267 e. The number of fused-ring (bicyclic) bond motifs is 1. The van der Waals surface area contributed by atoms with E-state index in [2.05, 4.69) is 10.6 Å². The molecule has 0 unspecified atom stereocenters. The lowest BCUT2D eigenvalue weighted by Crippen LogP contribution is -2.35. The van der Waals surface area contributed by atoms with Crippen molar-refractivity contribution in [1.29, 1.82) is 0 Å². The summed E-state index contributed by atoms with van der Waals surface area (Å²) < 4.78 is 15.7. The first-order chi connectivity index (χ1) is 14.1. The van der Waals surface area contributed by atoms with Gasteiger partial charge in [0.1, 0.15) is 11.4 Å². The van der Waals surface area contributed by atoms with E-state index in [-0.39, 0.29) is 25.6 Å². The molecule has 1 heterocycles. The van der Waals surface area contributed by atoms with Crippen molar-refractivity contribution in [2.24, 2.45) is 0 Å². The summed E-state index contributed by atoms with van der Waals surface area (Å²) in [6.07, 6.45) is 1.97. The second-order valence-corrected chi connectivity index (χ2v) is 6.19. The molecule has 8 heteroatoms. The van der Waals surface area contributed by atoms with Crippen LogP contribution in [0.1, 0.15) is 22.3 Å². The van der Waals surface area contributed by atoms with Crippen molar-refractivity contribution in [3.63, 3.8) is 0 Å². The van der Waals surface area contributed by atoms with Crippen LogP contribution >= 0.6 is 0 Å². The van der Waals surface area contributed by atoms with Gasteiger partial charge in [-0.15, -0.1) is 0 Å². The second-order valence-electron chi connectivity index (χ2n) is 6.19. The number of aliphatic hydroxyl groups excluding tert-OH is 1. The van der Waals surface area contributed by atoms with E-state index in [4.69, 9.17) is 19.3 Å². The highest BCUT2D eigenvalue weighted by molar-refractivity contribution is 6.05. The fourth-order valence-electron chi connectivity index (χ4n) is 2.64. The molecule has 29 heavy (non-hydrogen) atoms. The first kappa shape index (κ1) is 20.2. The zero-order chi connectivity index (χ0) is 20.6. The lowest BCUT2D eigenvalue weighted by atomic mass is 10.1. The van der Waals surface area contributed by atoms with E-state index >= 15 is 0 Å². The van der Waals surface area contributed by atoms with Crippen molar-refractivity contribution in [2.75, 3.05) is 27.1 Å². The highest BCUT2D eigenvalue weighted by atomic mass is 16.7. The average molecular weight is 398 g/mol. The highest BCUT2D eigenvalue weighted by Crippen LogP contribution is 2.33. The smallest absolute Gasteiger partial charge is 0.267 e. The van der Waals surface area contributed by atoms with E-state index in [9.17, 15) is 9.59 Å². The molecule has 0 aliphatic carbocycles. The van der Waals surface area contributed by atoms with Gasteiger partial charge in [0.15, 0.2) is 11.5 Å². The number of rotatable bonds is 8. The summed E-state index contributed by atoms with van der Waals surface area (Å²) in [5.41, 5.74) is 1.12. The van der Waals surface area contributed by atoms with Crippen molar-refractivity contribution in [1.82, 2.24) is 10.6 Å². The maximum atomic E-state index is 12.6. The van der Waals surface area contributed by atoms with Gasteiger partial charge in [0, 0.05) is 18.7 Å². The quantitative estimate of drug-likeness (QED) is 0.462. The molecule has 3 N–H and O–H groups in total. The van der Waals surface area contributed by atoms with Crippen molar-refractivity contribution in [2.45, 2.75) is 6.42 Å². The zero-order valence-electron chi connectivity index (χ0n) is 15.9. The topological polar surface area (TPSA) is 106 Å². The van der Waals surface area contributed by atoms with Gasteiger partial charge in [-0.05, 0) is 54.5 Å². The van der Waals surface area contributed by atoms with E-state index in [1.807, 2.05) is 0 Å². The number of benzene rings is 2. The largest absolute Gasteiger partial charge is 0.497 e. The summed E-state index contributed by atoms with van der Waals surface area (Å²) in [5.74, 6) is 0.924. The number of hydrogen-bond acceptors (Lipinski definition) is 6. The van der Waals surface area contributed by atoms with Crippen LogP contribution in [-0.2, 0) is 4.79 Å². The van der Waals surface area contributed by atoms with Crippen molar-refractivity contribution >= 4 is 17.9 Å². The Morgan fingerprint density at radius 2 is 1.90 bits per heavy atom. The third kappa shape index (κ3) is 5.26. The molecule has 2 amide bonds. The van der Waals surface area contributed by atoms with Gasteiger partial charge in [-0.1, -0.05) is 6.07 Å². The summed E-state index contributed by atoms with van der Waals surface area (Å²) in [6, 6.07) is 11.8. The van der Waals surface area contributed by atoms with Crippen LogP contribution in [0.3, 0.4) is 0 Å². The van der Waals surface area contributed by atoms with Crippen LogP contribution in [0.25, 0.3) is 6.08 Å². The predicted molar refractivity (Wildman–Crippen MR) is 106 cm³/mol. The third-order valence-corrected chi connectivity index (χ3v) is 4.17. The highest BCUT2D eigenvalue weighted by Gasteiger charge is 2.17. The van der Waals surface area contributed by atoms with Crippen LogP contribution < -0.4 is 24.8 Å². The van der Waals surface area contributed by atoms with Crippen LogP contribution in [0, 0.1) is 0 Å². The summed E-state index contributed by atoms with van der Waals surface area (Å²) in [4.78, 5) is 25.2. The van der Waals surface area contributed by atoms with E-state index < -0.39 is 11.8 Å². The normalized spacial score (nSPS) is 12.4. The molecule has 0 aromatic heterocycles. The molecule has 0 atom stereocenters. The van der Waals surface area contributed by atoms with Crippen molar-refractivity contribution < 1.29 is 28.9 Å². The second kappa shape index (κ2) is 9.61. The van der Waals surface area contributed by atoms with Gasteiger partial charge in [0.25, 0.3) is 11.8 Å². The Morgan fingerprint density at radius 3 is 2.62 bits per heavy atom. The summed E-state index contributed by atoms with van der Waals surface area (Å²) in [7, 11) is 1.54. The average Bonchev–Trinajstić information content (AvgIpc) is 3.21. The Hall–Kier alpha value is -3.52. The number of ether oxygens (including phenoxy) is 3. The fraction of sp³-hybridized carbons (Fsp3) is 0.238. The maximum absolute atomic E-state index is 12.6. The van der Waals surface area contributed by atoms with Crippen LogP contribution in [0.15, 0.2) is 48.2 Å². The number of hydrogen-bond donors (Lipinski definition) is 3. The number of amides is 2. The molecular formula is C21H22N2O6. The number of nitrogens with one attached hydrogen (secondary N) is 2. The zero-order valence-corrected chi connectivity index (χ0v) is 15.9. The molecule has 2 aromatic carbocycles. The Balaban J connectivity index is 1.81. The monoisotopic (exact) mass is 398 g/mol. The van der Waals surface area contributed by atoms with Crippen LogP contribution in [0.5, 0.6) is 17.2 Å². The molecule has 0 spiro atoms. The van der Waals surface area contributed by atoms with E-state index in [1.54, 1.807) is 48.5 Å². The van der Waals surface area contributed by atoms with Gasteiger partial charge in [0.05, 0.1) is 7.11 Å². The van der Waals surface area contributed by atoms with Gasteiger partial charge >= 0.3 is 0 Å². The number of aliphatic hydroxyl groups is 1. The molecule has 1 aliphatic rings. The standard InChI is InChI=1S/C21H22N2O6/c1-27-16-6-4-15(5-7-16)20(25)23-17(21(26)22-9-2-10-24)11-14-3-8-18-19(12-14)29-13-28-18/h3-8,11-12,24H,2,9-10,13H2,1H3,(H,22,26)(H,23,25). The molecule has 1 aliphatic heterocycles. The predicted octanol–water partition coefficient (Wildman–Crippen LogP) is 1.69. The first-order valence-corrected chi connectivity index (χ1v) is 9.06. The minimum atomic E-state index is -0.460. The SMILES string of the molecule is COc1ccc(C(=O)NC(=Cc2ccc3c(c2)OCO3)C(=O)NCCCO)cc1. The lowest BCUT2D eigenvalue weighted by Gasteiger charge is -2.11. The molecule has 152 valence electrons. The summed E-state index contributed by atoms with van der Waals surface area (Å²) in [5, 5.41) is 14.2. The van der Waals surface area contributed by atoms with Crippen molar-refractivity contribution in [3.8, 4) is 17.2 Å². The summed E-state index contributed by atoms with van der Waals surface area (Å²) >= 11 is 0. The Kier molecular flexibility index (Phi) is 6.70. The number of carbonyl (C=O) groups excluding carboxylic acids is 2. The lowest BCUT2D eigenvalue weighted by molar-refractivity contribution is -0.117. The molecular weight excluding hydrogens is 376 g/mol.